The number of rotatable bonds is 15. The molecule has 0 spiro atoms. The fourth-order valence-electron chi connectivity index (χ4n) is 2.21. The van der Waals surface area contributed by atoms with Crippen molar-refractivity contribution in [3.05, 3.63) is 12.2 Å². The van der Waals surface area contributed by atoms with E-state index in [0.717, 1.165) is 32.2 Å². The molecule has 0 unspecified atom stereocenters. The Morgan fingerprint density at radius 2 is 1.57 bits per heavy atom. The van der Waals surface area contributed by atoms with Gasteiger partial charge in [-0.3, -0.25) is 4.79 Å². The van der Waals surface area contributed by atoms with Crippen LogP contribution in [0.5, 0.6) is 0 Å². The lowest BCUT2D eigenvalue weighted by Crippen LogP contribution is -2.04. The predicted molar refractivity (Wildman–Crippen MR) is 90.2 cm³/mol. The summed E-state index contributed by atoms with van der Waals surface area (Å²) in [7, 11) is 0. The SMILES string of the molecule is CCCCCC/C=C\COC(=O)CCCCCCCCN. The van der Waals surface area contributed by atoms with Crippen LogP contribution in [0.4, 0.5) is 0 Å². The molecule has 0 bridgehead atoms. The molecule has 0 fully saturated rings. The highest BCUT2D eigenvalue weighted by Gasteiger charge is 2.00. The van der Waals surface area contributed by atoms with Crippen molar-refractivity contribution in [1.82, 2.24) is 0 Å². The molecule has 0 aromatic rings. The Kier molecular flexibility index (Phi) is 16.5. The third-order valence-electron chi connectivity index (χ3n) is 3.57. The Hall–Kier alpha value is -0.830. The van der Waals surface area contributed by atoms with Gasteiger partial charge in [0.2, 0.25) is 0 Å². The molecule has 0 rings (SSSR count). The van der Waals surface area contributed by atoms with Gasteiger partial charge in [0.25, 0.3) is 0 Å². The predicted octanol–water partition coefficient (Wildman–Crippen LogP) is 4.75. The first-order valence-corrected chi connectivity index (χ1v) is 8.82. The molecule has 0 heterocycles. The summed E-state index contributed by atoms with van der Waals surface area (Å²) in [4.78, 5) is 11.5. The van der Waals surface area contributed by atoms with E-state index in [1.54, 1.807) is 0 Å². The van der Waals surface area contributed by atoms with Crippen LogP contribution in [0.1, 0.15) is 84.0 Å². The Morgan fingerprint density at radius 3 is 2.29 bits per heavy atom. The molecule has 0 aromatic carbocycles. The minimum atomic E-state index is -0.0624. The summed E-state index contributed by atoms with van der Waals surface area (Å²) in [6.07, 6.45) is 17.7. The second kappa shape index (κ2) is 17.2. The molecule has 0 atom stereocenters. The molecular weight excluding hydrogens is 262 g/mol. The molecule has 3 nitrogen and oxygen atoms in total. The minimum Gasteiger partial charge on any atom is -0.461 e. The highest BCUT2D eigenvalue weighted by molar-refractivity contribution is 5.69. The highest BCUT2D eigenvalue weighted by atomic mass is 16.5. The van der Waals surface area contributed by atoms with Crippen LogP contribution in [-0.2, 0) is 9.53 Å². The topological polar surface area (TPSA) is 52.3 Å². The van der Waals surface area contributed by atoms with Crippen molar-refractivity contribution in [3.63, 3.8) is 0 Å². The van der Waals surface area contributed by atoms with Crippen molar-refractivity contribution in [2.45, 2.75) is 84.0 Å². The first-order chi connectivity index (χ1) is 10.3. The van der Waals surface area contributed by atoms with Crippen LogP contribution in [0.2, 0.25) is 0 Å². The smallest absolute Gasteiger partial charge is 0.306 e. The van der Waals surface area contributed by atoms with Crippen molar-refractivity contribution in [1.29, 1.82) is 0 Å². The van der Waals surface area contributed by atoms with Gasteiger partial charge in [0, 0.05) is 6.42 Å². The van der Waals surface area contributed by atoms with Gasteiger partial charge in [-0.05, 0) is 32.2 Å². The monoisotopic (exact) mass is 297 g/mol. The van der Waals surface area contributed by atoms with Gasteiger partial charge in [-0.2, -0.15) is 0 Å². The quantitative estimate of drug-likeness (QED) is 0.270. The Morgan fingerprint density at radius 1 is 0.905 bits per heavy atom. The first kappa shape index (κ1) is 20.2. The van der Waals surface area contributed by atoms with E-state index in [0.29, 0.717) is 13.0 Å². The van der Waals surface area contributed by atoms with Crippen LogP contribution in [-0.4, -0.2) is 19.1 Å². The number of esters is 1. The van der Waals surface area contributed by atoms with Gasteiger partial charge in [0.1, 0.15) is 6.61 Å². The molecule has 3 heteroatoms. The van der Waals surface area contributed by atoms with Crippen LogP contribution in [0, 0.1) is 0 Å². The lowest BCUT2D eigenvalue weighted by Gasteiger charge is -2.02. The van der Waals surface area contributed by atoms with Gasteiger partial charge in [-0.25, -0.2) is 0 Å². The van der Waals surface area contributed by atoms with Gasteiger partial charge < -0.3 is 10.5 Å². The van der Waals surface area contributed by atoms with E-state index in [1.807, 2.05) is 6.08 Å². The molecule has 124 valence electrons. The standard InChI is InChI=1S/C18H35NO2/c1-2-3-4-5-8-11-14-17-21-18(20)15-12-9-6-7-10-13-16-19/h11,14H,2-10,12-13,15-17,19H2,1H3/b14-11-. The van der Waals surface area contributed by atoms with Crippen LogP contribution in [0.15, 0.2) is 12.2 Å². The number of carbonyl (C=O) groups is 1. The lowest BCUT2D eigenvalue weighted by atomic mass is 10.1. The molecule has 0 aliphatic carbocycles. The molecule has 21 heavy (non-hydrogen) atoms. The van der Waals surface area contributed by atoms with E-state index in [2.05, 4.69) is 13.0 Å². The van der Waals surface area contributed by atoms with Crippen LogP contribution < -0.4 is 5.73 Å². The molecule has 0 aromatic heterocycles. The fraction of sp³-hybridized carbons (Fsp3) is 0.833. The Labute approximate surface area is 131 Å². The second-order valence-electron chi connectivity index (χ2n) is 5.66. The van der Waals surface area contributed by atoms with E-state index in [1.165, 1.54) is 44.9 Å². The fourth-order valence-corrected chi connectivity index (χ4v) is 2.21. The number of carbonyl (C=O) groups excluding carboxylic acids is 1. The van der Waals surface area contributed by atoms with Crippen molar-refractivity contribution in [2.24, 2.45) is 5.73 Å². The highest BCUT2D eigenvalue weighted by Crippen LogP contribution is 2.07. The normalized spacial score (nSPS) is 11.1. The maximum absolute atomic E-state index is 11.5. The Bertz CT molecular complexity index is 252. The summed E-state index contributed by atoms with van der Waals surface area (Å²) in [5.41, 5.74) is 5.44. The number of hydrogen-bond donors (Lipinski definition) is 1. The van der Waals surface area contributed by atoms with E-state index >= 15 is 0 Å². The molecule has 0 radical (unpaired) electrons. The molecule has 0 amide bonds. The van der Waals surface area contributed by atoms with Crippen LogP contribution >= 0.6 is 0 Å². The second-order valence-corrected chi connectivity index (χ2v) is 5.66. The maximum atomic E-state index is 11.5. The number of ether oxygens (including phenoxy) is 1. The average molecular weight is 297 g/mol. The third-order valence-corrected chi connectivity index (χ3v) is 3.57. The number of unbranched alkanes of at least 4 members (excludes halogenated alkanes) is 9. The minimum absolute atomic E-state index is 0.0624. The number of allylic oxidation sites excluding steroid dienone is 1. The summed E-state index contributed by atoms with van der Waals surface area (Å²) < 4.78 is 5.17. The third kappa shape index (κ3) is 17.1. The lowest BCUT2D eigenvalue weighted by molar-refractivity contribution is -0.142. The molecule has 2 N–H and O–H groups in total. The van der Waals surface area contributed by atoms with Gasteiger partial charge in [0.05, 0.1) is 0 Å². The number of hydrogen-bond acceptors (Lipinski definition) is 3. The zero-order valence-electron chi connectivity index (χ0n) is 13.9. The summed E-state index contributed by atoms with van der Waals surface area (Å²) >= 11 is 0. The van der Waals surface area contributed by atoms with E-state index in [4.69, 9.17) is 10.5 Å². The van der Waals surface area contributed by atoms with E-state index in [9.17, 15) is 4.79 Å². The van der Waals surface area contributed by atoms with Crippen LogP contribution in [0.25, 0.3) is 0 Å². The number of nitrogens with two attached hydrogens (primary N) is 1. The summed E-state index contributed by atoms with van der Waals surface area (Å²) in [6, 6.07) is 0. The van der Waals surface area contributed by atoms with Gasteiger partial charge in [-0.1, -0.05) is 64.0 Å². The van der Waals surface area contributed by atoms with Crippen LogP contribution in [0.3, 0.4) is 0 Å². The van der Waals surface area contributed by atoms with Crippen molar-refractivity contribution in [3.8, 4) is 0 Å². The molecule has 0 aliphatic heterocycles. The van der Waals surface area contributed by atoms with Gasteiger partial charge in [-0.15, -0.1) is 0 Å². The van der Waals surface area contributed by atoms with Gasteiger partial charge >= 0.3 is 5.97 Å². The average Bonchev–Trinajstić information content (AvgIpc) is 2.49. The summed E-state index contributed by atoms with van der Waals surface area (Å²) in [5.74, 6) is -0.0624. The van der Waals surface area contributed by atoms with E-state index < -0.39 is 0 Å². The largest absolute Gasteiger partial charge is 0.461 e. The zero-order valence-corrected chi connectivity index (χ0v) is 13.9. The molecule has 0 saturated heterocycles. The van der Waals surface area contributed by atoms with E-state index in [-0.39, 0.29) is 5.97 Å². The van der Waals surface area contributed by atoms with Crippen molar-refractivity contribution >= 4 is 5.97 Å². The van der Waals surface area contributed by atoms with Crippen molar-refractivity contribution < 1.29 is 9.53 Å². The summed E-state index contributed by atoms with van der Waals surface area (Å²) in [6.45, 7) is 3.44. The zero-order chi connectivity index (χ0) is 15.6. The molecule has 0 aliphatic rings. The maximum Gasteiger partial charge on any atom is 0.306 e. The molecule has 0 saturated carbocycles. The first-order valence-electron chi connectivity index (χ1n) is 8.82. The Balaban J connectivity index is 3.24. The molecular formula is C18H35NO2. The summed E-state index contributed by atoms with van der Waals surface area (Å²) in [5, 5.41) is 0. The van der Waals surface area contributed by atoms with Gasteiger partial charge in [0.15, 0.2) is 0 Å². The van der Waals surface area contributed by atoms with Crippen molar-refractivity contribution in [2.75, 3.05) is 13.2 Å².